The van der Waals surface area contributed by atoms with E-state index in [9.17, 15) is 19.8 Å². The van der Waals surface area contributed by atoms with E-state index in [1.165, 1.54) is 6.92 Å². The molecule has 0 radical (unpaired) electrons. The minimum Gasteiger partial charge on any atom is -0.507 e. The van der Waals surface area contributed by atoms with E-state index in [0.717, 1.165) is 6.07 Å². The third kappa shape index (κ3) is 3.47. The highest BCUT2D eigenvalue weighted by Gasteiger charge is 2.24. The summed E-state index contributed by atoms with van der Waals surface area (Å²) in [5.74, 6) is -0.925. The van der Waals surface area contributed by atoms with Gasteiger partial charge in [0.25, 0.3) is 5.91 Å². The van der Waals surface area contributed by atoms with Crippen LogP contribution < -0.4 is 14.8 Å². The minimum atomic E-state index is -1.15. The molecule has 1 atom stereocenters. The quantitative estimate of drug-likeness (QED) is 0.459. The second kappa shape index (κ2) is 7.23. The Morgan fingerprint density at radius 1 is 1.03 bits per heavy atom. The van der Waals surface area contributed by atoms with E-state index >= 15 is 0 Å². The van der Waals surface area contributed by atoms with Crippen molar-refractivity contribution in [2.45, 2.75) is 13.0 Å². The van der Waals surface area contributed by atoms with Crippen LogP contribution in [0.25, 0.3) is 10.8 Å². The fourth-order valence-electron chi connectivity index (χ4n) is 2.99. The molecule has 3 N–H and O–H groups in total. The van der Waals surface area contributed by atoms with Crippen molar-refractivity contribution in [2.24, 2.45) is 0 Å². The van der Waals surface area contributed by atoms with Gasteiger partial charge in [-0.25, -0.2) is 4.79 Å². The summed E-state index contributed by atoms with van der Waals surface area (Å²) in [6.07, 6.45) is -1.15. The van der Waals surface area contributed by atoms with Gasteiger partial charge >= 0.3 is 5.97 Å². The number of rotatable bonds is 4. The second-order valence-electron chi connectivity index (χ2n) is 6.44. The number of carbonyl (C=O) groups is 2. The van der Waals surface area contributed by atoms with Crippen molar-refractivity contribution in [3.8, 4) is 23.0 Å². The van der Waals surface area contributed by atoms with Gasteiger partial charge in [0.1, 0.15) is 17.1 Å². The Morgan fingerprint density at radius 2 is 1.76 bits per heavy atom. The summed E-state index contributed by atoms with van der Waals surface area (Å²) in [7, 11) is 0. The van der Waals surface area contributed by atoms with Gasteiger partial charge in [-0.3, -0.25) is 4.79 Å². The van der Waals surface area contributed by atoms with E-state index in [2.05, 4.69) is 5.32 Å². The summed E-state index contributed by atoms with van der Waals surface area (Å²) in [6, 6.07) is 12.5. The lowest BCUT2D eigenvalue weighted by Crippen LogP contribution is -2.30. The summed E-state index contributed by atoms with van der Waals surface area (Å²) in [6.45, 7) is 1.51. The van der Waals surface area contributed by atoms with Crippen molar-refractivity contribution < 1.29 is 34.0 Å². The maximum absolute atomic E-state index is 12.5. The Bertz CT molecular complexity index is 1130. The zero-order chi connectivity index (χ0) is 20.5. The Labute approximate surface area is 165 Å². The number of nitrogens with one attached hydrogen (secondary N) is 1. The first-order valence-corrected chi connectivity index (χ1v) is 8.79. The van der Waals surface area contributed by atoms with Crippen molar-refractivity contribution in [3.63, 3.8) is 0 Å². The largest absolute Gasteiger partial charge is 0.507 e. The average Bonchev–Trinajstić information content (AvgIpc) is 3.18. The van der Waals surface area contributed by atoms with E-state index in [1.807, 2.05) is 0 Å². The van der Waals surface area contributed by atoms with Gasteiger partial charge in [0.05, 0.1) is 0 Å². The molecule has 1 amide bonds. The monoisotopic (exact) mass is 395 g/mol. The number of esters is 1. The molecule has 0 saturated carbocycles. The molecule has 1 heterocycles. The van der Waals surface area contributed by atoms with Gasteiger partial charge < -0.3 is 29.7 Å². The van der Waals surface area contributed by atoms with E-state index in [0.29, 0.717) is 28.0 Å². The number of carbonyl (C=O) groups excluding carboxylic acids is 2. The van der Waals surface area contributed by atoms with Crippen LogP contribution in [0.15, 0.2) is 48.5 Å². The lowest BCUT2D eigenvalue weighted by Gasteiger charge is -2.15. The van der Waals surface area contributed by atoms with Crippen LogP contribution in [0, 0.1) is 0 Å². The standard InChI is InChI=1S/C21H17NO7/c1-11(20(25)22-12-6-7-17-18(8-12)28-10-27-17)29-21(26)15-9-16(23)13-4-2-3-5-14(13)19(15)24/h2-9,11,23-24H,10H2,1H3,(H,22,25)/t11-/m1/s1. The average molecular weight is 395 g/mol. The summed E-state index contributed by atoms with van der Waals surface area (Å²) in [4.78, 5) is 24.8. The smallest absolute Gasteiger partial charge is 0.342 e. The summed E-state index contributed by atoms with van der Waals surface area (Å²) < 4.78 is 15.6. The minimum absolute atomic E-state index is 0.114. The van der Waals surface area contributed by atoms with Crippen LogP contribution >= 0.6 is 0 Å². The molecule has 8 nitrogen and oxygen atoms in total. The molecule has 0 fully saturated rings. The lowest BCUT2D eigenvalue weighted by atomic mass is 10.0. The molecule has 3 aromatic rings. The van der Waals surface area contributed by atoms with Crippen LogP contribution in [0.1, 0.15) is 17.3 Å². The summed E-state index contributed by atoms with van der Waals surface area (Å²) in [5, 5.41) is 23.8. The highest BCUT2D eigenvalue weighted by Crippen LogP contribution is 2.36. The fraction of sp³-hybridized carbons (Fsp3) is 0.143. The van der Waals surface area contributed by atoms with E-state index < -0.39 is 18.0 Å². The molecule has 0 saturated heterocycles. The molecule has 0 bridgehead atoms. The maximum Gasteiger partial charge on any atom is 0.342 e. The third-order valence-corrected chi connectivity index (χ3v) is 4.51. The highest BCUT2D eigenvalue weighted by atomic mass is 16.7. The normalized spacial score (nSPS) is 13.1. The van der Waals surface area contributed by atoms with Crippen molar-refractivity contribution in [1.82, 2.24) is 0 Å². The molecule has 29 heavy (non-hydrogen) atoms. The van der Waals surface area contributed by atoms with Crippen molar-refractivity contribution >= 4 is 28.3 Å². The number of amides is 1. The van der Waals surface area contributed by atoms with Gasteiger partial charge in [0.2, 0.25) is 6.79 Å². The molecule has 4 rings (SSSR count). The predicted molar refractivity (Wildman–Crippen MR) is 103 cm³/mol. The number of anilines is 1. The van der Waals surface area contributed by atoms with Crippen LogP contribution in [0.5, 0.6) is 23.0 Å². The van der Waals surface area contributed by atoms with Crippen LogP contribution in [0.4, 0.5) is 5.69 Å². The topological polar surface area (TPSA) is 114 Å². The number of ether oxygens (including phenoxy) is 3. The first-order chi connectivity index (χ1) is 13.9. The number of hydrogen-bond acceptors (Lipinski definition) is 7. The van der Waals surface area contributed by atoms with Gasteiger partial charge in [-0.2, -0.15) is 0 Å². The molecule has 0 spiro atoms. The van der Waals surface area contributed by atoms with E-state index in [1.54, 1.807) is 42.5 Å². The molecule has 0 aromatic heterocycles. The number of phenols is 2. The Hall–Kier alpha value is -3.94. The number of hydrogen-bond donors (Lipinski definition) is 3. The summed E-state index contributed by atoms with van der Waals surface area (Å²) >= 11 is 0. The second-order valence-corrected chi connectivity index (χ2v) is 6.44. The summed E-state index contributed by atoms with van der Waals surface area (Å²) in [5.41, 5.74) is 0.220. The Balaban J connectivity index is 1.49. The zero-order valence-corrected chi connectivity index (χ0v) is 15.3. The van der Waals surface area contributed by atoms with Crippen LogP contribution in [-0.2, 0) is 9.53 Å². The van der Waals surface area contributed by atoms with Crippen molar-refractivity contribution in [1.29, 1.82) is 0 Å². The molecule has 1 aliphatic rings. The maximum atomic E-state index is 12.5. The van der Waals surface area contributed by atoms with E-state index in [-0.39, 0.29) is 23.9 Å². The van der Waals surface area contributed by atoms with Crippen LogP contribution in [0.2, 0.25) is 0 Å². The predicted octanol–water partition coefficient (Wildman–Crippen LogP) is 3.16. The number of benzene rings is 3. The van der Waals surface area contributed by atoms with Gasteiger partial charge in [-0.15, -0.1) is 0 Å². The van der Waals surface area contributed by atoms with Crippen molar-refractivity contribution in [2.75, 3.05) is 12.1 Å². The van der Waals surface area contributed by atoms with Crippen LogP contribution in [0.3, 0.4) is 0 Å². The molecule has 1 aliphatic heterocycles. The molecule has 0 aliphatic carbocycles. The fourth-order valence-corrected chi connectivity index (χ4v) is 2.99. The number of fused-ring (bicyclic) bond motifs is 2. The van der Waals surface area contributed by atoms with Crippen molar-refractivity contribution in [3.05, 3.63) is 54.1 Å². The van der Waals surface area contributed by atoms with Gasteiger partial charge in [0, 0.05) is 22.5 Å². The van der Waals surface area contributed by atoms with E-state index in [4.69, 9.17) is 14.2 Å². The zero-order valence-electron chi connectivity index (χ0n) is 15.3. The molecule has 0 unspecified atom stereocenters. The first-order valence-electron chi connectivity index (χ1n) is 8.79. The first kappa shape index (κ1) is 18.4. The number of aromatic hydroxyl groups is 2. The Kier molecular flexibility index (Phi) is 4.59. The Morgan fingerprint density at radius 3 is 2.55 bits per heavy atom. The highest BCUT2D eigenvalue weighted by molar-refractivity contribution is 6.04. The van der Waals surface area contributed by atoms with Gasteiger partial charge in [-0.1, -0.05) is 24.3 Å². The van der Waals surface area contributed by atoms with Gasteiger partial charge in [-0.05, 0) is 25.1 Å². The lowest BCUT2D eigenvalue weighted by molar-refractivity contribution is -0.123. The SMILES string of the molecule is C[C@@H](OC(=O)c1cc(O)c2ccccc2c1O)C(=O)Nc1ccc2c(c1)OCO2. The third-order valence-electron chi connectivity index (χ3n) is 4.51. The molecule has 3 aromatic carbocycles. The van der Waals surface area contributed by atoms with Crippen LogP contribution in [-0.4, -0.2) is 35.0 Å². The molecular formula is C21H17NO7. The molecular weight excluding hydrogens is 378 g/mol. The molecule has 8 heteroatoms. The number of phenolic OH excluding ortho intramolecular Hbond substituents is 2. The van der Waals surface area contributed by atoms with Gasteiger partial charge in [0.15, 0.2) is 17.6 Å². The molecule has 148 valence electrons.